The van der Waals surface area contributed by atoms with Gasteiger partial charge in [0.1, 0.15) is 5.94 Å². The Morgan fingerprint density at radius 1 is 1.55 bits per heavy atom. The fraction of sp³-hybridized carbons (Fsp3) is 0.778. The van der Waals surface area contributed by atoms with Gasteiger partial charge < -0.3 is 4.74 Å². The van der Waals surface area contributed by atoms with Gasteiger partial charge in [0.25, 0.3) is 0 Å². The zero-order valence-electron chi connectivity index (χ0n) is 7.52. The SMILES string of the molecule is CC(=C=O)CCOCC(C)C. The fourth-order valence-corrected chi connectivity index (χ4v) is 0.595. The number of ether oxygens (including phenoxy) is 1. The first-order valence-corrected chi connectivity index (χ1v) is 3.95. The molecule has 2 nitrogen and oxygen atoms in total. The van der Waals surface area contributed by atoms with E-state index in [0.717, 1.165) is 12.2 Å². The van der Waals surface area contributed by atoms with Crippen LogP contribution in [0.1, 0.15) is 27.2 Å². The van der Waals surface area contributed by atoms with Crippen molar-refractivity contribution in [3.8, 4) is 0 Å². The summed E-state index contributed by atoms with van der Waals surface area (Å²) in [6.45, 7) is 7.38. The first-order chi connectivity index (χ1) is 5.16. The Morgan fingerprint density at radius 2 is 2.18 bits per heavy atom. The highest BCUT2D eigenvalue weighted by Crippen LogP contribution is 1.97. The molecule has 0 atom stereocenters. The average molecular weight is 156 g/mol. The van der Waals surface area contributed by atoms with E-state index < -0.39 is 0 Å². The highest BCUT2D eigenvalue weighted by molar-refractivity contribution is 5.50. The summed E-state index contributed by atoms with van der Waals surface area (Å²) in [4.78, 5) is 10.0. The summed E-state index contributed by atoms with van der Waals surface area (Å²) >= 11 is 0. The van der Waals surface area contributed by atoms with Crippen LogP contribution in [0.2, 0.25) is 0 Å². The molecule has 0 aliphatic heterocycles. The van der Waals surface area contributed by atoms with Crippen molar-refractivity contribution in [3.05, 3.63) is 5.57 Å². The van der Waals surface area contributed by atoms with Crippen LogP contribution in [-0.4, -0.2) is 19.2 Å². The van der Waals surface area contributed by atoms with Gasteiger partial charge in [0, 0.05) is 18.6 Å². The highest BCUT2D eigenvalue weighted by Gasteiger charge is 1.94. The standard InChI is InChI=1S/C9H16O2/c1-8(2)7-11-5-4-9(3)6-10/h8H,4-5,7H2,1-3H3. The summed E-state index contributed by atoms with van der Waals surface area (Å²) in [6.07, 6.45) is 0.705. The van der Waals surface area contributed by atoms with Crippen LogP contribution in [0.4, 0.5) is 0 Å². The Labute approximate surface area is 68.2 Å². The van der Waals surface area contributed by atoms with E-state index in [1.165, 1.54) is 0 Å². The maximum absolute atomic E-state index is 10.0. The van der Waals surface area contributed by atoms with Gasteiger partial charge in [-0.3, -0.25) is 0 Å². The normalized spacial score (nSPS) is 9.82. The van der Waals surface area contributed by atoms with Crippen molar-refractivity contribution in [2.45, 2.75) is 27.2 Å². The van der Waals surface area contributed by atoms with Gasteiger partial charge in [-0.1, -0.05) is 13.8 Å². The molecule has 0 aliphatic carbocycles. The third-order valence-electron chi connectivity index (χ3n) is 1.25. The molecular weight excluding hydrogens is 140 g/mol. The number of hydrogen-bond donors (Lipinski definition) is 0. The molecule has 0 unspecified atom stereocenters. The van der Waals surface area contributed by atoms with Crippen molar-refractivity contribution in [2.75, 3.05) is 13.2 Å². The Hall–Kier alpha value is -0.590. The largest absolute Gasteiger partial charge is 0.381 e. The molecular formula is C9H16O2. The minimum Gasteiger partial charge on any atom is -0.381 e. The minimum atomic E-state index is 0.565. The van der Waals surface area contributed by atoms with Gasteiger partial charge in [0.2, 0.25) is 0 Å². The van der Waals surface area contributed by atoms with E-state index in [1.54, 1.807) is 6.92 Å². The number of rotatable bonds is 5. The van der Waals surface area contributed by atoms with E-state index in [4.69, 9.17) is 4.74 Å². The Bertz CT molecular complexity index is 144. The lowest BCUT2D eigenvalue weighted by Gasteiger charge is -2.04. The second kappa shape index (κ2) is 6.14. The van der Waals surface area contributed by atoms with E-state index in [2.05, 4.69) is 13.8 Å². The van der Waals surface area contributed by atoms with Gasteiger partial charge in [-0.05, 0) is 12.8 Å². The molecule has 0 amide bonds. The van der Waals surface area contributed by atoms with E-state index in [-0.39, 0.29) is 0 Å². The molecule has 11 heavy (non-hydrogen) atoms. The van der Waals surface area contributed by atoms with Crippen LogP contribution in [0.25, 0.3) is 0 Å². The summed E-state index contributed by atoms with van der Waals surface area (Å²) in [5.74, 6) is 2.41. The van der Waals surface area contributed by atoms with Crippen LogP contribution in [-0.2, 0) is 9.53 Å². The summed E-state index contributed by atoms with van der Waals surface area (Å²) < 4.78 is 5.27. The van der Waals surface area contributed by atoms with Crippen LogP contribution >= 0.6 is 0 Å². The maximum Gasteiger partial charge on any atom is 0.123 e. The van der Waals surface area contributed by atoms with E-state index in [0.29, 0.717) is 18.9 Å². The molecule has 2 heteroatoms. The smallest absolute Gasteiger partial charge is 0.123 e. The van der Waals surface area contributed by atoms with Crippen molar-refractivity contribution in [2.24, 2.45) is 5.92 Å². The molecule has 0 bridgehead atoms. The van der Waals surface area contributed by atoms with Crippen LogP contribution in [0.5, 0.6) is 0 Å². The van der Waals surface area contributed by atoms with E-state index >= 15 is 0 Å². The highest BCUT2D eigenvalue weighted by atomic mass is 16.5. The molecule has 0 rings (SSSR count). The summed E-state index contributed by atoms with van der Waals surface area (Å²) in [7, 11) is 0. The van der Waals surface area contributed by atoms with Crippen molar-refractivity contribution in [3.63, 3.8) is 0 Å². The van der Waals surface area contributed by atoms with Crippen molar-refractivity contribution in [1.82, 2.24) is 0 Å². The van der Waals surface area contributed by atoms with Gasteiger partial charge in [0.05, 0.1) is 6.61 Å². The van der Waals surface area contributed by atoms with Crippen LogP contribution < -0.4 is 0 Å². The molecule has 0 saturated carbocycles. The summed E-state index contributed by atoms with van der Waals surface area (Å²) in [5.41, 5.74) is 0.730. The molecule has 0 aromatic carbocycles. The maximum atomic E-state index is 10.0. The lowest BCUT2D eigenvalue weighted by atomic mass is 10.2. The molecule has 0 fully saturated rings. The average Bonchev–Trinajstić information content (AvgIpc) is 1.97. The second-order valence-electron chi connectivity index (χ2n) is 3.10. The molecule has 0 spiro atoms. The van der Waals surface area contributed by atoms with Crippen LogP contribution in [0, 0.1) is 5.92 Å². The van der Waals surface area contributed by atoms with E-state index in [1.807, 2.05) is 5.94 Å². The minimum absolute atomic E-state index is 0.565. The van der Waals surface area contributed by atoms with Crippen LogP contribution in [0.15, 0.2) is 5.57 Å². The predicted octanol–water partition coefficient (Wildman–Crippen LogP) is 1.83. The second-order valence-corrected chi connectivity index (χ2v) is 3.10. The Kier molecular flexibility index (Phi) is 5.81. The third kappa shape index (κ3) is 7.31. The number of carbonyl (C=O) groups excluding carboxylic acids is 1. The fourth-order valence-electron chi connectivity index (χ4n) is 0.595. The van der Waals surface area contributed by atoms with Crippen LogP contribution in [0.3, 0.4) is 0 Å². The first kappa shape index (κ1) is 10.4. The third-order valence-corrected chi connectivity index (χ3v) is 1.25. The molecule has 0 aromatic heterocycles. The van der Waals surface area contributed by atoms with Crippen molar-refractivity contribution >= 4 is 5.94 Å². The Morgan fingerprint density at radius 3 is 2.64 bits per heavy atom. The zero-order valence-corrected chi connectivity index (χ0v) is 7.52. The molecule has 0 heterocycles. The van der Waals surface area contributed by atoms with Gasteiger partial charge in [-0.25, -0.2) is 4.79 Å². The summed E-state index contributed by atoms with van der Waals surface area (Å²) in [5, 5.41) is 0. The van der Waals surface area contributed by atoms with Gasteiger partial charge in [0.15, 0.2) is 0 Å². The molecule has 64 valence electrons. The number of hydrogen-bond acceptors (Lipinski definition) is 2. The quantitative estimate of drug-likeness (QED) is 0.448. The first-order valence-electron chi connectivity index (χ1n) is 3.95. The topological polar surface area (TPSA) is 26.3 Å². The molecule has 0 N–H and O–H groups in total. The molecule has 0 aliphatic rings. The lowest BCUT2D eigenvalue weighted by molar-refractivity contribution is 0.113. The van der Waals surface area contributed by atoms with Crippen molar-refractivity contribution in [1.29, 1.82) is 0 Å². The molecule has 0 radical (unpaired) electrons. The monoisotopic (exact) mass is 156 g/mol. The van der Waals surface area contributed by atoms with Crippen molar-refractivity contribution < 1.29 is 9.53 Å². The van der Waals surface area contributed by atoms with E-state index in [9.17, 15) is 4.79 Å². The Balaban J connectivity index is 3.22. The zero-order chi connectivity index (χ0) is 8.69. The van der Waals surface area contributed by atoms with Gasteiger partial charge in [-0.15, -0.1) is 0 Å². The lowest BCUT2D eigenvalue weighted by Crippen LogP contribution is -2.03. The van der Waals surface area contributed by atoms with Gasteiger partial charge >= 0.3 is 0 Å². The predicted molar refractivity (Wildman–Crippen MR) is 45.2 cm³/mol. The molecule has 0 saturated heterocycles. The molecule has 0 aromatic rings. The summed E-state index contributed by atoms with van der Waals surface area (Å²) in [6, 6.07) is 0. The van der Waals surface area contributed by atoms with Gasteiger partial charge in [-0.2, -0.15) is 0 Å².